The van der Waals surface area contributed by atoms with Crippen molar-refractivity contribution < 1.29 is 14.2 Å². The molecule has 1 heterocycles. The van der Waals surface area contributed by atoms with Crippen molar-refractivity contribution in [3.63, 3.8) is 0 Å². The van der Waals surface area contributed by atoms with Gasteiger partial charge in [-0.25, -0.2) is 0 Å². The van der Waals surface area contributed by atoms with Crippen LogP contribution in [0, 0.1) is 0 Å². The van der Waals surface area contributed by atoms with Gasteiger partial charge in [0.15, 0.2) is 11.5 Å². The van der Waals surface area contributed by atoms with Crippen LogP contribution in [0.5, 0.6) is 11.5 Å². The lowest BCUT2D eigenvalue weighted by Gasteiger charge is -2.35. The summed E-state index contributed by atoms with van der Waals surface area (Å²) in [6, 6.07) is 5.34. The fourth-order valence-corrected chi connectivity index (χ4v) is 2.57. The van der Waals surface area contributed by atoms with E-state index in [9.17, 15) is 9.50 Å². The fraction of sp³-hybridized carbons (Fsp3) is 0.571. The molecule has 0 aromatic heterocycles. The number of methoxy groups -OCH3 is 1. The molecule has 0 aliphatic carbocycles. The van der Waals surface area contributed by atoms with Gasteiger partial charge in [0.1, 0.15) is 0 Å². The minimum Gasteiger partial charge on any atom is -0.504 e. The normalized spacial score (nSPS) is 18.2. The number of aromatic hydroxyl groups is 1. The molecule has 2 N–H and O–H groups in total. The van der Waals surface area contributed by atoms with E-state index in [2.05, 4.69) is 10.2 Å². The van der Waals surface area contributed by atoms with Crippen LogP contribution in [-0.2, 0) is 0 Å². The summed E-state index contributed by atoms with van der Waals surface area (Å²) in [6.45, 7) is 3.28. The van der Waals surface area contributed by atoms with Crippen LogP contribution < -0.4 is 10.1 Å². The maximum absolute atomic E-state index is 12.8. The van der Waals surface area contributed by atoms with Crippen LogP contribution in [-0.4, -0.2) is 50.0 Å². The van der Waals surface area contributed by atoms with E-state index in [1.54, 1.807) is 12.1 Å². The van der Waals surface area contributed by atoms with Crippen LogP contribution in [0.2, 0.25) is 0 Å². The van der Waals surface area contributed by atoms with Crippen LogP contribution in [0.3, 0.4) is 0 Å². The maximum atomic E-state index is 12.8. The number of nitrogens with zero attached hydrogens (tertiary/aromatic N) is 1. The van der Waals surface area contributed by atoms with Crippen LogP contribution >= 0.6 is 0 Å². The van der Waals surface area contributed by atoms with Crippen molar-refractivity contribution in [3.05, 3.63) is 23.8 Å². The lowest BCUT2D eigenvalue weighted by atomic mass is 10.0. The SMILES string of the molecule is COc1ccc([C@@H](CCF)N2CCNCC2)cc1O. The molecule has 1 aromatic rings. The van der Waals surface area contributed by atoms with E-state index in [0.717, 1.165) is 31.7 Å². The summed E-state index contributed by atoms with van der Waals surface area (Å²) < 4.78 is 17.8. The van der Waals surface area contributed by atoms with E-state index < -0.39 is 0 Å². The second-order valence-electron chi connectivity index (χ2n) is 4.71. The summed E-state index contributed by atoms with van der Waals surface area (Å²) in [6.07, 6.45) is 0.450. The number of piperazine rings is 1. The third kappa shape index (κ3) is 3.36. The van der Waals surface area contributed by atoms with Gasteiger partial charge in [0.05, 0.1) is 13.8 Å². The van der Waals surface area contributed by atoms with Crippen molar-refractivity contribution in [3.8, 4) is 11.5 Å². The molecule has 1 fully saturated rings. The minimum atomic E-state index is -0.360. The molecule has 1 atom stereocenters. The first-order valence-corrected chi connectivity index (χ1v) is 6.64. The van der Waals surface area contributed by atoms with Gasteiger partial charge >= 0.3 is 0 Å². The van der Waals surface area contributed by atoms with Gasteiger partial charge < -0.3 is 15.2 Å². The van der Waals surface area contributed by atoms with Crippen LogP contribution in [0.25, 0.3) is 0 Å². The first-order valence-electron chi connectivity index (χ1n) is 6.64. The lowest BCUT2D eigenvalue weighted by Crippen LogP contribution is -2.45. The molecule has 19 heavy (non-hydrogen) atoms. The van der Waals surface area contributed by atoms with Crippen molar-refractivity contribution in [2.75, 3.05) is 40.0 Å². The number of hydrogen-bond acceptors (Lipinski definition) is 4. The molecule has 0 amide bonds. The molecule has 1 aromatic carbocycles. The van der Waals surface area contributed by atoms with Crippen LogP contribution in [0.1, 0.15) is 18.0 Å². The van der Waals surface area contributed by atoms with Crippen molar-refractivity contribution in [1.29, 1.82) is 0 Å². The zero-order valence-electron chi connectivity index (χ0n) is 11.2. The molecule has 2 rings (SSSR count). The first kappa shape index (κ1) is 14.1. The Labute approximate surface area is 113 Å². The standard InChI is InChI=1S/C14H21FN2O2/c1-19-14-3-2-11(10-13(14)18)12(4-5-15)17-8-6-16-7-9-17/h2-3,10,12,16,18H,4-9H2,1H3/t12-/m1/s1. The van der Waals surface area contributed by atoms with Crippen molar-refractivity contribution in [1.82, 2.24) is 10.2 Å². The molecule has 0 spiro atoms. The molecule has 1 aliphatic rings. The Hall–Kier alpha value is -1.33. The molecule has 0 bridgehead atoms. The molecule has 106 valence electrons. The van der Waals surface area contributed by atoms with Crippen molar-refractivity contribution in [2.45, 2.75) is 12.5 Å². The van der Waals surface area contributed by atoms with Gasteiger partial charge in [-0.3, -0.25) is 9.29 Å². The number of ether oxygens (including phenoxy) is 1. The van der Waals surface area contributed by atoms with Gasteiger partial charge in [-0.2, -0.15) is 0 Å². The highest BCUT2D eigenvalue weighted by atomic mass is 19.1. The van der Waals surface area contributed by atoms with E-state index in [4.69, 9.17) is 4.74 Å². The van der Waals surface area contributed by atoms with Crippen molar-refractivity contribution in [2.24, 2.45) is 0 Å². The fourth-order valence-electron chi connectivity index (χ4n) is 2.57. The zero-order valence-corrected chi connectivity index (χ0v) is 11.2. The molecular formula is C14H21FN2O2. The second-order valence-corrected chi connectivity index (χ2v) is 4.71. The number of nitrogens with one attached hydrogen (secondary N) is 1. The highest BCUT2D eigenvalue weighted by Crippen LogP contribution is 2.32. The van der Waals surface area contributed by atoms with Crippen LogP contribution in [0.4, 0.5) is 4.39 Å². The summed E-state index contributed by atoms with van der Waals surface area (Å²) in [5.74, 6) is 0.557. The van der Waals surface area contributed by atoms with Crippen molar-refractivity contribution >= 4 is 0 Å². The summed E-state index contributed by atoms with van der Waals surface area (Å²) in [4.78, 5) is 2.26. The molecule has 0 radical (unpaired) electrons. The monoisotopic (exact) mass is 268 g/mol. The van der Waals surface area contributed by atoms with E-state index in [1.807, 2.05) is 6.07 Å². The van der Waals surface area contributed by atoms with E-state index in [1.165, 1.54) is 7.11 Å². The Bertz CT molecular complexity index is 408. The zero-order chi connectivity index (χ0) is 13.7. The number of halogens is 1. The highest BCUT2D eigenvalue weighted by Gasteiger charge is 2.22. The summed E-state index contributed by atoms with van der Waals surface area (Å²) in [7, 11) is 1.52. The predicted molar refractivity (Wildman–Crippen MR) is 72.4 cm³/mol. The topological polar surface area (TPSA) is 44.7 Å². The molecule has 4 nitrogen and oxygen atoms in total. The average Bonchev–Trinajstić information content (AvgIpc) is 2.45. The summed E-state index contributed by atoms with van der Waals surface area (Å²) >= 11 is 0. The summed E-state index contributed by atoms with van der Waals surface area (Å²) in [5, 5.41) is 13.1. The third-order valence-electron chi connectivity index (χ3n) is 3.56. The molecule has 1 aliphatic heterocycles. The Morgan fingerprint density at radius 2 is 2.16 bits per heavy atom. The molecule has 0 saturated carbocycles. The van der Waals surface area contributed by atoms with Gasteiger partial charge in [-0.1, -0.05) is 6.07 Å². The quantitative estimate of drug-likeness (QED) is 0.853. The largest absolute Gasteiger partial charge is 0.504 e. The highest BCUT2D eigenvalue weighted by molar-refractivity contribution is 5.42. The van der Waals surface area contributed by atoms with Gasteiger partial charge in [0, 0.05) is 32.2 Å². The van der Waals surface area contributed by atoms with E-state index >= 15 is 0 Å². The number of phenols is 1. The second kappa shape index (κ2) is 6.73. The van der Waals surface area contributed by atoms with Gasteiger partial charge in [0.2, 0.25) is 0 Å². The third-order valence-corrected chi connectivity index (χ3v) is 3.56. The molecule has 5 heteroatoms. The number of benzene rings is 1. The smallest absolute Gasteiger partial charge is 0.160 e. The van der Waals surface area contributed by atoms with Crippen LogP contribution in [0.15, 0.2) is 18.2 Å². The molecule has 1 saturated heterocycles. The van der Waals surface area contributed by atoms with E-state index in [-0.39, 0.29) is 18.5 Å². The number of alkyl halides is 1. The van der Waals surface area contributed by atoms with Gasteiger partial charge in [-0.15, -0.1) is 0 Å². The molecule has 0 unspecified atom stereocenters. The van der Waals surface area contributed by atoms with Gasteiger partial charge in [-0.05, 0) is 24.1 Å². The Balaban J connectivity index is 2.19. The average molecular weight is 268 g/mol. The Kier molecular flexibility index (Phi) is 4.99. The number of rotatable bonds is 5. The predicted octanol–water partition coefficient (Wildman–Crippen LogP) is 1.71. The first-order chi connectivity index (χ1) is 9.26. The maximum Gasteiger partial charge on any atom is 0.160 e. The lowest BCUT2D eigenvalue weighted by molar-refractivity contribution is 0.157. The van der Waals surface area contributed by atoms with Gasteiger partial charge in [0.25, 0.3) is 0 Å². The number of phenolic OH excluding ortho intramolecular Hbond substituents is 1. The Morgan fingerprint density at radius 3 is 2.74 bits per heavy atom. The van der Waals surface area contributed by atoms with E-state index in [0.29, 0.717) is 12.2 Å². The minimum absolute atomic E-state index is 0.0175. The number of hydrogen-bond donors (Lipinski definition) is 2. The summed E-state index contributed by atoms with van der Waals surface area (Å²) in [5.41, 5.74) is 0.942. The Morgan fingerprint density at radius 1 is 1.42 bits per heavy atom. The molecular weight excluding hydrogens is 247 g/mol.